The highest BCUT2D eigenvalue weighted by molar-refractivity contribution is 5.84. The van der Waals surface area contributed by atoms with Gasteiger partial charge in [0.05, 0.1) is 30.8 Å². The number of carbonyl (C=O) groups excluding carboxylic acids is 1. The molecule has 1 aliphatic rings. The summed E-state index contributed by atoms with van der Waals surface area (Å²) in [6, 6.07) is 10.4. The van der Waals surface area contributed by atoms with Crippen LogP contribution in [-0.2, 0) is 9.53 Å². The van der Waals surface area contributed by atoms with Crippen molar-refractivity contribution in [2.75, 3.05) is 26.4 Å². The average molecular weight is 438 g/mol. The summed E-state index contributed by atoms with van der Waals surface area (Å²) >= 11 is 0. The predicted molar refractivity (Wildman–Crippen MR) is 120 cm³/mol. The molecule has 0 bridgehead atoms. The number of benzene rings is 2. The van der Waals surface area contributed by atoms with Gasteiger partial charge in [-0.3, -0.25) is 4.79 Å². The molecule has 0 N–H and O–H groups in total. The molecule has 0 saturated heterocycles. The third kappa shape index (κ3) is 4.72. The largest absolute Gasteiger partial charge is 0.490 e. The van der Waals surface area contributed by atoms with Gasteiger partial charge in [-0.1, -0.05) is 19.4 Å². The zero-order chi connectivity index (χ0) is 22.5. The molecule has 3 aromatic rings. The molecule has 168 valence electrons. The summed E-state index contributed by atoms with van der Waals surface area (Å²) in [6.07, 6.45) is 2.57. The molecular formula is C25H26O7. The molecule has 0 radical (unpaired) electrons. The first-order valence-electron chi connectivity index (χ1n) is 10.8. The first-order chi connectivity index (χ1) is 15.6. The van der Waals surface area contributed by atoms with Crippen LogP contribution in [0.25, 0.3) is 22.1 Å². The topological polar surface area (TPSA) is 84.2 Å². The average Bonchev–Trinajstić information content (AvgIpc) is 3.03. The summed E-state index contributed by atoms with van der Waals surface area (Å²) in [5.74, 6) is 1.77. The van der Waals surface area contributed by atoms with E-state index in [1.165, 1.54) is 0 Å². The van der Waals surface area contributed by atoms with Crippen LogP contribution in [0.1, 0.15) is 31.9 Å². The minimum Gasteiger partial charge on any atom is -0.490 e. The molecule has 0 saturated carbocycles. The van der Waals surface area contributed by atoms with E-state index in [1.807, 2.05) is 25.1 Å². The fourth-order valence-electron chi connectivity index (χ4n) is 3.54. The van der Waals surface area contributed by atoms with Crippen LogP contribution in [0.4, 0.5) is 0 Å². The van der Waals surface area contributed by atoms with Crippen LogP contribution in [0.5, 0.6) is 17.2 Å². The van der Waals surface area contributed by atoms with Crippen molar-refractivity contribution in [2.24, 2.45) is 0 Å². The maximum Gasteiger partial charge on any atom is 0.344 e. The van der Waals surface area contributed by atoms with Gasteiger partial charge in [-0.2, -0.15) is 0 Å². The Bertz CT molecular complexity index is 1180. The Balaban J connectivity index is 1.59. The molecule has 1 aromatic heterocycles. The molecule has 0 amide bonds. The van der Waals surface area contributed by atoms with Gasteiger partial charge in [0.1, 0.15) is 17.1 Å². The van der Waals surface area contributed by atoms with Crippen molar-refractivity contribution in [3.63, 3.8) is 0 Å². The molecule has 0 unspecified atom stereocenters. The van der Waals surface area contributed by atoms with Gasteiger partial charge in [0.2, 0.25) is 5.43 Å². The van der Waals surface area contributed by atoms with Crippen molar-refractivity contribution in [3.05, 3.63) is 52.4 Å². The molecule has 0 fully saturated rings. The SMILES string of the molecule is CCCCOC(=O)COc1ccc2c(=O)c(-c3ccc4c(c3)OCCCO4)c(C)oc2c1. The zero-order valence-electron chi connectivity index (χ0n) is 18.3. The first-order valence-corrected chi connectivity index (χ1v) is 10.8. The molecule has 2 aromatic carbocycles. The van der Waals surface area contributed by atoms with Crippen molar-refractivity contribution in [1.29, 1.82) is 0 Å². The summed E-state index contributed by atoms with van der Waals surface area (Å²) in [6.45, 7) is 5.12. The fourth-order valence-corrected chi connectivity index (χ4v) is 3.54. The fraction of sp³-hybridized carbons (Fsp3) is 0.360. The lowest BCUT2D eigenvalue weighted by atomic mass is 10.0. The Kier molecular flexibility index (Phi) is 6.63. The van der Waals surface area contributed by atoms with Crippen LogP contribution >= 0.6 is 0 Å². The highest BCUT2D eigenvalue weighted by atomic mass is 16.6. The maximum absolute atomic E-state index is 13.3. The number of fused-ring (bicyclic) bond motifs is 2. The van der Waals surface area contributed by atoms with E-state index in [9.17, 15) is 9.59 Å². The van der Waals surface area contributed by atoms with E-state index in [1.54, 1.807) is 25.1 Å². The minimum atomic E-state index is -0.430. The number of unbranched alkanes of at least 4 members (excludes halogenated alkanes) is 1. The van der Waals surface area contributed by atoms with E-state index in [0.29, 0.717) is 64.9 Å². The third-order valence-corrected chi connectivity index (χ3v) is 5.19. The Morgan fingerprint density at radius 2 is 1.88 bits per heavy atom. The number of ether oxygens (including phenoxy) is 4. The van der Waals surface area contributed by atoms with Gasteiger partial charge in [-0.25, -0.2) is 4.79 Å². The Morgan fingerprint density at radius 1 is 1.06 bits per heavy atom. The van der Waals surface area contributed by atoms with Gasteiger partial charge >= 0.3 is 5.97 Å². The number of hydrogen-bond donors (Lipinski definition) is 0. The van der Waals surface area contributed by atoms with Crippen LogP contribution in [-0.4, -0.2) is 32.4 Å². The number of rotatable bonds is 7. The second-order valence-corrected chi connectivity index (χ2v) is 7.60. The molecule has 0 spiro atoms. The number of esters is 1. The Morgan fingerprint density at radius 3 is 2.69 bits per heavy atom. The quantitative estimate of drug-likeness (QED) is 0.392. The van der Waals surface area contributed by atoms with Gasteiger partial charge in [-0.15, -0.1) is 0 Å². The molecular weight excluding hydrogens is 412 g/mol. The van der Waals surface area contributed by atoms with E-state index in [2.05, 4.69) is 0 Å². The van der Waals surface area contributed by atoms with Crippen molar-refractivity contribution in [3.8, 4) is 28.4 Å². The predicted octanol–water partition coefficient (Wildman–Crippen LogP) is 4.65. The lowest BCUT2D eigenvalue weighted by Gasteiger charge is -2.12. The Hall–Kier alpha value is -3.48. The van der Waals surface area contributed by atoms with Crippen LogP contribution in [0, 0.1) is 6.92 Å². The van der Waals surface area contributed by atoms with E-state index in [-0.39, 0.29) is 12.0 Å². The summed E-state index contributed by atoms with van der Waals surface area (Å²) in [5.41, 5.74) is 1.42. The Labute approximate surface area is 185 Å². The molecule has 7 nitrogen and oxygen atoms in total. The van der Waals surface area contributed by atoms with E-state index < -0.39 is 5.97 Å². The van der Waals surface area contributed by atoms with Crippen LogP contribution in [0.3, 0.4) is 0 Å². The first kappa shape index (κ1) is 21.7. The van der Waals surface area contributed by atoms with E-state index in [0.717, 1.165) is 19.3 Å². The molecule has 4 rings (SSSR count). The molecule has 2 heterocycles. The second-order valence-electron chi connectivity index (χ2n) is 7.60. The monoisotopic (exact) mass is 438 g/mol. The van der Waals surface area contributed by atoms with Gasteiger partial charge in [0.25, 0.3) is 0 Å². The van der Waals surface area contributed by atoms with Gasteiger partial charge in [0, 0.05) is 12.5 Å². The molecule has 0 aliphatic carbocycles. The molecule has 1 aliphatic heterocycles. The summed E-state index contributed by atoms with van der Waals surface area (Å²) in [4.78, 5) is 25.0. The van der Waals surface area contributed by atoms with Gasteiger partial charge in [-0.05, 0) is 43.2 Å². The van der Waals surface area contributed by atoms with E-state index in [4.69, 9.17) is 23.4 Å². The number of aryl methyl sites for hydroxylation is 1. The smallest absolute Gasteiger partial charge is 0.344 e. The maximum atomic E-state index is 13.3. The number of hydrogen-bond acceptors (Lipinski definition) is 7. The standard InChI is InChI=1S/C25H26O7/c1-3-4-10-30-23(26)15-31-18-7-8-19-21(14-18)32-16(2)24(25(19)27)17-6-9-20-22(13-17)29-12-5-11-28-20/h6-9,13-14H,3-5,10-12,15H2,1-2H3. The van der Waals surface area contributed by atoms with Crippen LogP contribution in [0.2, 0.25) is 0 Å². The second kappa shape index (κ2) is 9.77. The van der Waals surface area contributed by atoms with Crippen LogP contribution < -0.4 is 19.6 Å². The third-order valence-electron chi connectivity index (χ3n) is 5.19. The number of carbonyl (C=O) groups is 1. The summed E-state index contributed by atoms with van der Waals surface area (Å²) in [5, 5.41) is 0.426. The highest BCUT2D eigenvalue weighted by Gasteiger charge is 2.18. The van der Waals surface area contributed by atoms with Crippen molar-refractivity contribution >= 4 is 16.9 Å². The lowest BCUT2D eigenvalue weighted by molar-refractivity contribution is -0.146. The van der Waals surface area contributed by atoms with Crippen molar-refractivity contribution in [1.82, 2.24) is 0 Å². The highest BCUT2D eigenvalue weighted by Crippen LogP contribution is 2.35. The lowest BCUT2D eigenvalue weighted by Crippen LogP contribution is -2.15. The van der Waals surface area contributed by atoms with E-state index >= 15 is 0 Å². The van der Waals surface area contributed by atoms with Gasteiger partial charge in [0.15, 0.2) is 18.1 Å². The summed E-state index contributed by atoms with van der Waals surface area (Å²) < 4.78 is 28.0. The molecule has 32 heavy (non-hydrogen) atoms. The van der Waals surface area contributed by atoms with Crippen LogP contribution in [0.15, 0.2) is 45.6 Å². The van der Waals surface area contributed by atoms with Crippen molar-refractivity contribution < 1.29 is 28.2 Å². The molecule has 0 atom stereocenters. The zero-order valence-corrected chi connectivity index (χ0v) is 18.3. The summed E-state index contributed by atoms with van der Waals surface area (Å²) in [7, 11) is 0. The normalized spacial score (nSPS) is 12.9. The van der Waals surface area contributed by atoms with Crippen molar-refractivity contribution in [2.45, 2.75) is 33.1 Å². The van der Waals surface area contributed by atoms with Gasteiger partial charge < -0.3 is 23.4 Å². The minimum absolute atomic E-state index is 0.149. The molecule has 7 heteroatoms.